The third-order valence-corrected chi connectivity index (χ3v) is 3.77. The zero-order chi connectivity index (χ0) is 12.5. The Morgan fingerprint density at radius 1 is 1.50 bits per heavy atom. The summed E-state index contributed by atoms with van der Waals surface area (Å²) >= 11 is 1.72. The van der Waals surface area contributed by atoms with Gasteiger partial charge in [0.05, 0.1) is 11.9 Å². The molecule has 0 unspecified atom stereocenters. The summed E-state index contributed by atoms with van der Waals surface area (Å²) in [6.07, 6.45) is 1.43. The highest BCUT2D eigenvalue weighted by atomic mass is 32.2. The molecule has 0 fully saturated rings. The summed E-state index contributed by atoms with van der Waals surface area (Å²) in [6.45, 7) is 0.646. The number of aromatic amines is 1. The van der Waals surface area contributed by atoms with E-state index in [1.165, 1.54) is 6.20 Å². The van der Waals surface area contributed by atoms with Gasteiger partial charge < -0.3 is 10.6 Å². The molecule has 6 nitrogen and oxygen atoms in total. The van der Waals surface area contributed by atoms with Crippen LogP contribution in [0.25, 0.3) is 0 Å². The number of hydrogen-bond donors (Lipinski definition) is 2. The molecule has 3 N–H and O–H groups in total. The first-order valence-electron chi connectivity index (χ1n) is 5.45. The van der Waals surface area contributed by atoms with Gasteiger partial charge in [-0.05, 0) is 18.2 Å². The zero-order valence-electron chi connectivity index (χ0n) is 9.46. The van der Waals surface area contributed by atoms with E-state index in [9.17, 15) is 4.79 Å². The summed E-state index contributed by atoms with van der Waals surface area (Å²) in [5, 5.41) is 9.93. The SMILES string of the molecule is Nc1ccc2c(c1)N(C(=O)c1cn[nH]n1)CCS2. The summed E-state index contributed by atoms with van der Waals surface area (Å²) in [7, 11) is 0. The van der Waals surface area contributed by atoms with Crippen molar-refractivity contribution in [2.24, 2.45) is 0 Å². The van der Waals surface area contributed by atoms with Crippen LogP contribution in [0.4, 0.5) is 11.4 Å². The monoisotopic (exact) mass is 261 g/mol. The molecular weight excluding hydrogens is 250 g/mol. The Bertz CT molecular complexity index is 583. The van der Waals surface area contributed by atoms with Crippen LogP contribution in [0.5, 0.6) is 0 Å². The Morgan fingerprint density at radius 2 is 2.39 bits per heavy atom. The number of amides is 1. The fourth-order valence-corrected chi connectivity index (χ4v) is 2.86. The molecule has 0 saturated carbocycles. The van der Waals surface area contributed by atoms with E-state index in [4.69, 9.17) is 5.73 Å². The number of nitrogen functional groups attached to an aromatic ring is 1. The molecule has 1 amide bonds. The molecule has 0 aliphatic carbocycles. The Labute approximate surface area is 108 Å². The molecule has 92 valence electrons. The lowest BCUT2D eigenvalue weighted by atomic mass is 10.2. The molecule has 3 rings (SSSR count). The molecule has 0 spiro atoms. The second-order valence-corrected chi connectivity index (χ2v) is 5.02. The first kappa shape index (κ1) is 11.1. The van der Waals surface area contributed by atoms with Crippen molar-refractivity contribution in [3.63, 3.8) is 0 Å². The van der Waals surface area contributed by atoms with E-state index in [2.05, 4.69) is 15.4 Å². The van der Waals surface area contributed by atoms with Gasteiger partial charge in [-0.2, -0.15) is 15.4 Å². The third-order valence-electron chi connectivity index (χ3n) is 2.73. The number of rotatable bonds is 1. The minimum absolute atomic E-state index is 0.157. The van der Waals surface area contributed by atoms with Gasteiger partial charge in [-0.1, -0.05) is 0 Å². The van der Waals surface area contributed by atoms with Crippen LogP contribution in [0, 0.1) is 0 Å². The van der Waals surface area contributed by atoms with E-state index in [1.54, 1.807) is 16.7 Å². The summed E-state index contributed by atoms with van der Waals surface area (Å²) in [5.41, 5.74) is 7.59. The number of carbonyl (C=O) groups excluding carboxylic acids is 1. The van der Waals surface area contributed by atoms with Gasteiger partial charge in [0.2, 0.25) is 0 Å². The number of nitrogens with zero attached hydrogens (tertiary/aromatic N) is 3. The number of nitrogens with one attached hydrogen (secondary N) is 1. The highest BCUT2D eigenvalue weighted by Crippen LogP contribution is 2.36. The summed E-state index contributed by atoms with van der Waals surface area (Å²) in [6, 6.07) is 5.60. The molecule has 0 radical (unpaired) electrons. The van der Waals surface area contributed by atoms with Crippen LogP contribution >= 0.6 is 11.8 Å². The van der Waals surface area contributed by atoms with E-state index in [1.807, 2.05) is 18.2 Å². The number of nitrogens with two attached hydrogens (primary N) is 1. The number of anilines is 2. The number of aromatic nitrogens is 3. The highest BCUT2D eigenvalue weighted by Gasteiger charge is 2.25. The molecule has 7 heteroatoms. The predicted molar refractivity (Wildman–Crippen MR) is 69.6 cm³/mol. The first-order valence-corrected chi connectivity index (χ1v) is 6.44. The molecular formula is C11H11N5OS. The van der Waals surface area contributed by atoms with Gasteiger partial charge in [-0.15, -0.1) is 11.8 Å². The molecule has 1 aliphatic rings. The van der Waals surface area contributed by atoms with Crippen LogP contribution in [0.15, 0.2) is 29.3 Å². The zero-order valence-corrected chi connectivity index (χ0v) is 10.3. The molecule has 1 aromatic carbocycles. The first-order chi connectivity index (χ1) is 8.75. The maximum Gasteiger partial charge on any atom is 0.280 e. The van der Waals surface area contributed by atoms with Gasteiger partial charge in [-0.25, -0.2) is 0 Å². The van der Waals surface area contributed by atoms with Crippen LogP contribution in [0.3, 0.4) is 0 Å². The quantitative estimate of drug-likeness (QED) is 0.751. The predicted octanol–water partition coefficient (Wildman–Crippen LogP) is 1.14. The summed E-state index contributed by atoms with van der Waals surface area (Å²) < 4.78 is 0. The fraction of sp³-hybridized carbons (Fsp3) is 0.182. The Kier molecular flexibility index (Phi) is 2.67. The number of hydrogen-bond acceptors (Lipinski definition) is 5. The number of carbonyl (C=O) groups is 1. The van der Waals surface area contributed by atoms with E-state index in [-0.39, 0.29) is 5.91 Å². The van der Waals surface area contributed by atoms with Crippen molar-refractivity contribution in [2.45, 2.75) is 4.90 Å². The number of thioether (sulfide) groups is 1. The van der Waals surface area contributed by atoms with Crippen molar-refractivity contribution in [1.29, 1.82) is 0 Å². The minimum Gasteiger partial charge on any atom is -0.399 e. The van der Waals surface area contributed by atoms with Crippen molar-refractivity contribution in [2.75, 3.05) is 22.9 Å². The maximum absolute atomic E-state index is 12.3. The van der Waals surface area contributed by atoms with E-state index in [0.717, 1.165) is 16.3 Å². The van der Waals surface area contributed by atoms with Crippen molar-refractivity contribution >= 4 is 29.0 Å². The van der Waals surface area contributed by atoms with Crippen LogP contribution in [0.2, 0.25) is 0 Å². The van der Waals surface area contributed by atoms with Crippen LogP contribution in [0.1, 0.15) is 10.5 Å². The van der Waals surface area contributed by atoms with Gasteiger partial charge in [0, 0.05) is 22.9 Å². The number of H-pyrrole nitrogens is 1. The minimum atomic E-state index is -0.157. The van der Waals surface area contributed by atoms with Crippen molar-refractivity contribution in [3.05, 3.63) is 30.1 Å². The Morgan fingerprint density at radius 3 is 3.17 bits per heavy atom. The lowest BCUT2D eigenvalue weighted by Gasteiger charge is -2.28. The van der Waals surface area contributed by atoms with Gasteiger partial charge in [-0.3, -0.25) is 4.79 Å². The Hall–Kier alpha value is -2.02. The van der Waals surface area contributed by atoms with Gasteiger partial charge in [0.1, 0.15) is 0 Å². The van der Waals surface area contributed by atoms with Crippen molar-refractivity contribution < 1.29 is 4.79 Å². The number of fused-ring (bicyclic) bond motifs is 1. The second-order valence-electron chi connectivity index (χ2n) is 3.89. The summed E-state index contributed by atoms with van der Waals surface area (Å²) in [4.78, 5) is 15.0. The summed E-state index contributed by atoms with van der Waals surface area (Å²) in [5.74, 6) is 0.705. The Balaban J connectivity index is 2.01. The smallest absolute Gasteiger partial charge is 0.280 e. The van der Waals surface area contributed by atoms with Gasteiger partial charge >= 0.3 is 0 Å². The molecule has 0 atom stereocenters. The van der Waals surface area contributed by atoms with E-state index >= 15 is 0 Å². The van der Waals surface area contributed by atoms with Crippen molar-refractivity contribution in [3.8, 4) is 0 Å². The molecule has 2 aromatic rings. The van der Waals surface area contributed by atoms with Crippen LogP contribution in [-0.2, 0) is 0 Å². The largest absolute Gasteiger partial charge is 0.399 e. The van der Waals surface area contributed by atoms with Gasteiger partial charge in [0.25, 0.3) is 5.91 Å². The van der Waals surface area contributed by atoms with Crippen LogP contribution in [-0.4, -0.2) is 33.6 Å². The number of benzene rings is 1. The van der Waals surface area contributed by atoms with Gasteiger partial charge in [0.15, 0.2) is 5.69 Å². The van der Waals surface area contributed by atoms with Crippen LogP contribution < -0.4 is 10.6 Å². The standard InChI is InChI=1S/C11H11N5OS/c12-7-1-2-10-9(5-7)16(3-4-18-10)11(17)8-6-13-15-14-8/h1-2,5-6H,3-4,12H2,(H,13,14,15). The molecule has 2 heterocycles. The average Bonchev–Trinajstić information content (AvgIpc) is 2.91. The second kappa shape index (κ2) is 4.34. The maximum atomic E-state index is 12.3. The highest BCUT2D eigenvalue weighted by molar-refractivity contribution is 7.99. The lowest BCUT2D eigenvalue weighted by molar-refractivity contribution is 0.0983. The molecule has 0 bridgehead atoms. The molecule has 1 aliphatic heterocycles. The molecule has 18 heavy (non-hydrogen) atoms. The fourth-order valence-electron chi connectivity index (χ4n) is 1.89. The van der Waals surface area contributed by atoms with E-state index in [0.29, 0.717) is 17.9 Å². The lowest BCUT2D eigenvalue weighted by Crippen LogP contribution is -2.35. The van der Waals surface area contributed by atoms with E-state index < -0.39 is 0 Å². The van der Waals surface area contributed by atoms with Crippen molar-refractivity contribution in [1.82, 2.24) is 15.4 Å². The molecule has 1 aromatic heterocycles. The average molecular weight is 261 g/mol. The third kappa shape index (κ3) is 1.82. The topological polar surface area (TPSA) is 87.9 Å². The molecule has 0 saturated heterocycles. The normalized spacial score (nSPS) is 14.3.